The molecule has 8 heteroatoms. The summed E-state index contributed by atoms with van der Waals surface area (Å²) in [7, 11) is 2.84. The molecule has 0 aliphatic rings. The highest BCUT2D eigenvalue weighted by molar-refractivity contribution is 7.18. The number of rotatable bonds is 4. The standard InChI is InChI=1S/C18H15Cl2NO4S/c1-9-10(7-17(22)25-3)11-6-14(24-2)12(19)8-13(11)21(9)18(23)15-4-5-16(20)26-15/h4-6,8H,7H2,1-3H3. The minimum absolute atomic E-state index is 0.0368. The van der Waals surface area contributed by atoms with Crippen LogP contribution in [-0.2, 0) is 16.0 Å². The second-order valence-corrected chi connectivity index (χ2v) is 7.69. The molecule has 0 aliphatic carbocycles. The van der Waals surface area contributed by atoms with Crippen LogP contribution in [-0.4, -0.2) is 30.7 Å². The fourth-order valence-corrected chi connectivity index (χ4v) is 4.09. The molecular formula is C18H15Cl2NO4S. The van der Waals surface area contributed by atoms with Crippen molar-refractivity contribution in [1.29, 1.82) is 0 Å². The number of carbonyl (C=O) groups excluding carboxylic acids is 2. The normalized spacial score (nSPS) is 11.0. The van der Waals surface area contributed by atoms with Crippen molar-refractivity contribution in [3.63, 3.8) is 0 Å². The largest absolute Gasteiger partial charge is 0.495 e. The number of aromatic nitrogens is 1. The second kappa shape index (κ2) is 7.31. The molecule has 0 unspecified atom stereocenters. The number of halogens is 2. The van der Waals surface area contributed by atoms with E-state index in [0.29, 0.717) is 42.1 Å². The number of esters is 1. The first-order valence-electron chi connectivity index (χ1n) is 7.61. The molecule has 0 radical (unpaired) electrons. The van der Waals surface area contributed by atoms with Gasteiger partial charge in [0.2, 0.25) is 0 Å². The molecule has 5 nitrogen and oxygen atoms in total. The lowest BCUT2D eigenvalue weighted by Crippen LogP contribution is -2.13. The van der Waals surface area contributed by atoms with Gasteiger partial charge in [0.15, 0.2) is 0 Å². The molecule has 26 heavy (non-hydrogen) atoms. The Kier molecular flexibility index (Phi) is 5.27. The SMILES string of the molecule is COC(=O)Cc1c(C)n(C(=O)c2ccc(Cl)s2)c2cc(Cl)c(OC)cc12. The molecule has 0 aliphatic heterocycles. The first-order chi connectivity index (χ1) is 12.4. The zero-order chi connectivity index (χ0) is 19.0. The molecule has 3 rings (SSSR count). The van der Waals surface area contributed by atoms with Crippen molar-refractivity contribution in [2.45, 2.75) is 13.3 Å². The molecule has 0 bridgehead atoms. The van der Waals surface area contributed by atoms with E-state index in [9.17, 15) is 9.59 Å². The Labute approximate surface area is 164 Å². The quantitative estimate of drug-likeness (QED) is 0.582. The van der Waals surface area contributed by atoms with E-state index in [4.69, 9.17) is 32.7 Å². The van der Waals surface area contributed by atoms with Gasteiger partial charge in [0.05, 0.1) is 40.4 Å². The van der Waals surface area contributed by atoms with Crippen molar-refractivity contribution < 1.29 is 19.1 Å². The van der Waals surface area contributed by atoms with Gasteiger partial charge in [0, 0.05) is 11.1 Å². The van der Waals surface area contributed by atoms with Gasteiger partial charge in [0.25, 0.3) is 5.91 Å². The Morgan fingerprint density at radius 2 is 1.92 bits per heavy atom. The molecule has 1 aromatic carbocycles. The predicted octanol–water partition coefficient (Wildman–Crippen LogP) is 4.73. The fraction of sp³-hybridized carbons (Fsp3) is 0.222. The zero-order valence-electron chi connectivity index (χ0n) is 14.3. The van der Waals surface area contributed by atoms with Crippen LogP contribution in [0.15, 0.2) is 24.3 Å². The van der Waals surface area contributed by atoms with Crippen LogP contribution in [0.3, 0.4) is 0 Å². The van der Waals surface area contributed by atoms with E-state index in [1.165, 1.54) is 25.6 Å². The van der Waals surface area contributed by atoms with Gasteiger partial charge in [-0.2, -0.15) is 0 Å². The number of fused-ring (bicyclic) bond motifs is 1. The number of thiophene rings is 1. The number of benzene rings is 1. The van der Waals surface area contributed by atoms with E-state index in [0.717, 1.165) is 0 Å². The van der Waals surface area contributed by atoms with Gasteiger partial charge in [0.1, 0.15) is 5.75 Å². The second-order valence-electron chi connectivity index (χ2n) is 5.57. The van der Waals surface area contributed by atoms with Gasteiger partial charge in [-0.05, 0) is 36.8 Å². The van der Waals surface area contributed by atoms with Crippen molar-refractivity contribution in [2.24, 2.45) is 0 Å². The topological polar surface area (TPSA) is 57.5 Å². The zero-order valence-corrected chi connectivity index (χ0v) is 16.6. The minimum atomic E-state index is -0.396. The molecule has 0 amide bonds. The van der Waals surface area contributed by atoms with Crippen molar-refractivity contribution in [2.75, 3.05) is 14.2 Å². The van der Waals surface area contributed by atoms with Crippen LogP contribution in [0.5, 0.6) is 5.75 Å². The third-order valence-corrected chi connectivity index (χ3v) is 5.66. The van der Waals surface area contributed by atoms with Crippen LogP contribution in [0.2, 0.25) is 9.36 Å². The summed E-state index contributed by atoms with van der Waals surface area (Å²) in [6, 6.07) is 6.74. The molecule has 136 valence electrons. The molecule has 3 aromatic rings. The Morgan fingerprint density at radius 1 is 1.19 bits per heavy atom. The molecule has 0 saturated carbocycles. The number of methoxy groups -OCH3 is 2. The molecule has 0 spiro atoms. The fourth-order valence-electron chi connectivity index (χ4n) is 2.88. The first-order valence-corrected chi connectivity index (χ1v) is 9.18. The van der Waals surface area contributed by atoms with Crippen LogP contribution in [0.4, 0.5) is 0 Å². The van der Waals surface area contributed by atoms with E-state index in [2.05, 4.69) is 0 Å². The average Bonchev–Trinajstić information content (AvgIpc) is 3.16. The smallest absolute Gasteiger partial charge is 0.310 e. The summed E-state index contributed by atoms with van der Waals surface area (Å²) < 4.78 is 12.1. The van der Waals surface area contributed by atoms with E-state index < -0.39 is 5.97 Å². The maximum absolute atomic E-state index is 13.1. The van der Waals surface area contributed by atoms with E-state index in [1.807, 2.05) is 0 Å². The van der Waals surface area contributed by atoms with Gasteiger partial charge >= 0.3 is 5.97 Å². The van der Waals surface area contributed by atoms with Crippen molar-refractivity contribution >= 4 is 57.3 Å². The first kappa shape index (κ1) is 18.8. The monoisotopic (exact) mass is 411 g/mol. The summed E-state index contributed by atoms with van der Waals surface area (Å²) >= 11 is 13.4. The van der Waals surface area contributed by atoms with Crippen molar-refractivity contribution in [3.8, 4) is 5.75 Å². The molecule has 0 N–H and O–H groups in total. The highest BCUT2D eigenvalue weighted by atomic mass is 35.5. The molecule has 0 atom stereocenters. The molecule has 0 saturated heterocycles. The summed E-state index contributed by atoms with van der Waals surface area (Å²) in [6.07, 6.45) is 0.0368. The Morgan fingerprint density at radius 3 is 2.50 bits per heavy atom. The molecular weight excluding hydrogens is 397 g/mol. The third-order valence-electron chi connectivity index (χ3n) is 4.14. The van der Waals surface area contributed by atoms with Gasteiger partial charge < -0.3 is 9.47 Å². The minimum Gasteiger partial charge on any atom is -0.495 e. The Hall–Kier alpha value is -2.02. The highest BCUT2D eigenvalue weighted by Gasteiger charge is 2.24. The predicted molar refractivity (Wildman–Crippen MR) is 103 cm³/mol. The van der Waals surface area contributed by atoms with E-state index >= 15 is 0 Å². The van der Waals surface area contributed by atoms with Gasteiger partial charge in [-0.25, -0.2) is 0 Å². The number of hydrogen-bond acceptors (Lipinski definition) is 5. The summed E-state index contributed by atoms with van der Waals surface area (Å²) in [5, 5.41) is 1.09. The van der Waals surface area contributed by atoms with Crippen LogP contribution in [0, 0.1) is 6.92 Å². The van der Waals surface area contributed by atoms with Gasteiger partial charge in [-0.1, -0.05) is 23.2 Å². The maximum Gasteiger partial charge on any atom is 0.310 e. The van der Waals surface area contributed by atoms with E-state index in [-0.39, 0.29) is 12.3 Å². The summed E-state index contributed by atoms with van der Waals surface area (Å²) in [6.45, 7) is 1.78. The average molecular weight is 412 g/mol. The lowest BCUT2D eigenvalue weighted by molar-refractivity contribution is -0.139. The van der Waals surface area contributed by atoms with Crippen molar-refractivity contribution in [3.05, 3.63) is 49.8 Å². The lowest BCUT2D eigenvalue weighted by atomic mass is 10.1. The van der Waals surface area contributed by atoms with Crippen LogP contribution >= 0.6 is 34.5 Å². The van der Waals surface area contributed by atoms with Crippen LogP contribution < -0.4 is 4.74 Å². The summed E-state index contributed by atoms with van der Waals surface area (Å²) in [4.78, 5) is 25.4. The number of nitrogens with zero attached hydrogens (tertiary/aromatic N) is 1. The summed E-state index contributed by atoms with van der Waals surface area (Å²) in [5.74, 6) is -0.163. The maximum atomic E-state index is 13.1. The molecule has 0 fully saturated rings. The van der Waals surface area contributed by atoms with Crippen LogP contribution in [0.1, 0.15) is 20.9 Å². The lowest BCUT2D eigenvalue weighted by Gasteiger charge is -2.07. The number of carbonyl (C=O) groups is 2. The number of ether oxygens (including phenoxy) is 2. The Bertz CT molecular complexity index is 1020. The highest BCUT2D eigenvalue weighted by Crippen LogP contribution is 2.36. The molecule has 2 heterocycles. The molecule has 2 aromatic heterocycles. The van der Waals surface area contributed by atoms with Crippen molar-refractivity contribution in [1.82, 2.24) is 4.57 Å². The van der Waals surface area contributed by atoms with Gasteiger partial charge in [-0.3, -0.25) is 14.2 Å². The third kappa shape index (κ3) is 3.20. The summed E-state index contributed by atoms with van der Waals surface area (Å²) in [5.41, 5.74) is 1.93. The number of hydrogen-bond donors (Lipinski definition) is 0. The van der Waals surface area contributed by atoms with E-state index in [1.54, 1.807) is 35.8 Å². The Balaban J connectivity index is 2.28. The van der Waals surface area contributed by atoms with Crippen LogP contribution in [0.25, 0.3) is 10.9 Å². The van der Waals surface area contributed by atoms with Gasteiger partial charge in [-0.15, -0.1) is 11.3 Å².